The third-order valence-corrected chi connectivity index (χ3v) is 7.48. The lowest BCUT2D eigenvalue weighted by atomic mass is 9.97. The number of hydrogen-bond donors (Lipinski definition) is 2. The molecule has 3 aromatic rings. The smallest absolute Gasteiger partial charge is 0.0875 e. The maximum Gasteiger partial charge on any atom is 0.0875 e. The van der Waals surface area contributed by atoms with E-state index in [1.807, 2.05) is 0 Å². The van der Waals surface area contributed by atoms with Crippen LogP contribution in [0.3, 0.4) is 0 Å². The average Bonchev–Trinajstić information content (AvgIpc) is 3.63. The normalized spacial score (nSPS) is 15.3. The van der Waals surface area contributed by atoms with Crippen LogP contribution in [0.25, 0.3) is 33.7 Å². The molecule has 5 heterocycles. The summed E-state index contributed by atoms with van der Waals surface area (Å²) in [5.41, 5.74) is 13.3. The number of rotatable bonds is 8. The zero-order valence-electron chi connectivity index (χ0n) is 22.4. The molecule has 5 rings (SSSR count). The van der Waals surface area contributed by atoms with E-state index in [9.17, 15) is 0 Å². The molecule has 4 nitrogen and oxygen atoms in total. The van der Waals surface area contributed by atoms with Gasteiger partial charge < -0.3 is 9.97 Å². The van der Waals surface area contributed by atoms with Crippen molar-refractivity contribution in [1.82, 2.24) is 19.9 Å². The van der Waals surface area contributed by atoms with E-state index in [1.165, 1.54) is 51.1 Å². The van der Waals surface area contributed by atoms with E-state index in [4.69, 9.17) is 9.97 Å². The van der Waals surface area contributed by atoms with Crippen LogP contribution in [-0.2, 0) is 19.3 Å². The molecule has 1 atom stereocenters. The molecule has 8 bridgehead atoms. The van der Waals surface area contributed by atoms with Crippen LogP contribution in [0.1, 0.15) is 106 Å². The zero-order chi connectivity index (χ0) is 25.1. The third kappa shape index (κ3) is 4.91. The van der Waals surface area contributed by atoms with Gasteiger partial charge in [0.1, 0.15) is 0 Å². The second kappa shape index (κ2) is 10.9. The van der Waals surface area contributed by atoms with Crippen molar-refractivity contribution in [1.29, 1.82) is 0 Å². The minimum Gasteiger partial charge on any atom is -0.354 e. The molecular formula is C32H40N4. The first kappa shape index (κ1) is 24.5. The molecule has 0 saturated carbocycles. The molecule has 2 aliphatic heterocycles. The van der Waals surface area contributed by atoms with Crippen molar-refractivity contribution < 1.29 is 0 Å². The molecule has 0 saturated heterocycles. The van der Waals surface area contributed by atoms with Crippen molar-refractivity contribution in [3.05, 3.63) is 70.3 Å². The fourth-order valence-electron chi connectivity index (χ4n) is 5.70. The molecular weight excluding hydrogens is 440 g/mol. The van der Waals surface area contributed by atoms with E-state index in [-0.39, 0.29) is 0 Å². The second-order valence-electron chi connectivity index (χ2n) is 10.4. The maximum absolute atomic E-state index is 5.17. The number of aromatic amines is 2. The van der Waals surface area contributed by atoms with Gasteiger partial charge in [0, 0.05) is 29.1 Å². The van der Waals surface area contributed by atoms with Crippen molar-refractivity contribution in [3.63, 3.8) is 0 Å². The van der Waals surface area contributed by atoms with Crippen LogP contribution in [0, 0.1) is 0 Å². The quantitative estimate of drug-likeness (QED) is 0.339. The molecule has 0 radical (unpaired) electrons. The summed E-state index contributed by atoms with van der Waals surface area (Å²) in [5.74, 6) is 0.472. The molecule has 3 aromatic heterocycles. The van der Waals surface area contributed by atoms with Crippen LogP contribution in [-0.4, -0.2) is 19.9 Å². The first-order valence-electron chi connectivity index (χ1n) is 14.0. The Labute approximate surface area is 215 Å². The Hall–Kier alpha value is -3.14. The number of H-pyrrole nitrogens is 2. The predicted molar refractivity (Wildman–Crippen MR) is 153 cm³/mol. The van der Waals surface area contributed by atoms with Crippen LogP contribution in [0.5, 0.6) is 0 Å². The highest BCUT2D eigenvalue weighted by molar-refractivity contribution is 5.88. The van der Waals surface area contributed by atoms with Crippen molar-refractivity contribution in [2.24, 2.45) is 0 Å². The molecule has 0 spiro atoms. The van der Waals surface area contributed by atoms with Gasteiger partial charge in [-0.05, 0) is 84.9 Å². The molecule has 0 aromatic carbocycles. The van der Waals surface area contributed by atoms with Crippen LogP contribution >= 0.6 is 0 Å². The van der Waals surface area contributed by atoms with Gasteiger partial charge in [-0.3, -0.25) is 4.98 Å². The number of fused-ring (bicyclic) bond motifs is 10. The van der Waals surface area contributed by atoms with Gasteiger partial charge in [0.2, 0.25) is 0 Å². The Balaban J connectivity index is 1.82. The van der Waals surface area contributed by atoms with Crippen molar-refractivity contribution in [2.45, 2.75) is 91.4 Å². The first-order valence-corrected chi connectivity index (χ1v) is 14.0. The summed E-state index contributed by atoms with van der Waals surface area (Å²) in [6.07, 6.45) is 12.1. The molecule has 0 amide bonds. The van der Waals surface area contributed by atoms with Gasteiger partial charge in [-0.15, -0.1) is 0 Å². The molecule has 4 heteroatoms. The van der Waals surface area contributed by atoms with Crippen molar-refractivity contribution in [2.75, 3.05) is 0 Å². The minimum absolute atomic E-state index is 0.472. The van der Waals surface area contributed by atoms with E-state index >= 15 is 0 Å². The van der Waals surface area contributed by atoms with Crippen molar-refractivity contribution in [3.8, 4) is 0 Å². The highest BCUT2D eigenvalue weighted by Crippen LogP contribution is 2.32. The average molecular weight is 481 g/mol. The Kier molecular flexibility index (Phi) is 7.41. The maximum atomic E-state index is 5.17. The Morgan fingerprint density at radius 3 is 2.06 bits per heavy atom. The van der Waals surface area contributed by atoms with Gasteiger partial charge in [0.25, 0.3) is 0 Å². The summed E-state index contributed by atoms with van der Waals surface area (Å²) in [7, 11) is 0. The van der Waals surface area contributed by atoms with Crippen LogP contribution < -0.4 is 0 Å². The van der Waals surface area contributed by atoms with Crippen LogP contribution in [0.15, 0.2) is 36.4 Å². The van der Waals surface area contributed by atoms with E-state index in [0.717, 1.165) is 68.3 Å². The third-order valence-electron chi connectivity index (χ3n) is 7.48. The monoisotopic (exact) mass is 480 g/mol. The SMILES string of the molecule is CCCC1=Cc2nc1ccc1nc(c3cc(CCC)c(ccc4[nH]c2cc4CCC)[nH]3)CC1CCC. The summed E-state index contributed by atoms with van der Waals surface area (Å²) in [5, 5.41) is 0. The highest BCUT2D eigenvalue weighted by atomic mass is 14.8. The number of allylic oxidation sites excluding steroid dienone is 1. The van der Waals surface area contributed by atoms with Crippen LogP contribution in [0.4, 0.5) is 0 Å². The van der Waals surface area contributed by atoms with Gasteiger partial charge in [-0.1, -0.05) is 53.4 Å². The van der Waals surface area contributed by atoms with Gasteiger partial charge in [-0.2, -0.15) is 0 Å². The van der Waals surface area contributed by atoms with E-state index in [2.05, 4.69) is 80.1 Å². The summed E-state index contributed by atoms with van der Waals surface area (Å²) < 4.78 is 0. The number of aryl methyl sites for hydroxylation is 2. The Bertz CT molecular complexity index is 1420. The van der Waals surface area contributed by atoms with Gasteiger partial charge >= 0.3 is 0 Å². The zero-order valence-corrected chi connectivity index (χ0v) is 22.4. The van der Waals surface area contributed by atoms with Gasteiger partial charge in [0.05, 0.1) is 28.1 Å². The molecule has 2 aliphatic rings. The van der Waals surface area contributed by atoms with E-state index in [0.29, 0.717) is 5.92 Å². The lowest BCUT2D eigenvalue weighted by Gasteiger charge is -2.06. The van der Waals surface area contributed by atoms with E-state index in [1.54, 1.807) is 0 Å². The predicted octanol–water partition coefficient (Wildman–Crippen LogP) is 8.69. The standard InChI is InChI=1S/C32H40N4/c1-5-9-21-17-29-30-18-22(10-6-2)27(34-30)15-16-28-24(12-8-4)20-32(36-28)31-19-23(11-7-3)26(35-31)14-13-25(21)33-29/h13-19,24,33,35H,5-12,20H2,1-4H3. The van der Waals surface area contributed by atoms with E-state index < -0.39 is 0 Å². The number of aromatic nitrogens is 4. The largest absolute Gasteiger partial charge is 0.354 e. The molecule has 36 heavy (non-hydrogen) atoms. The van der Waals surface area contributed by atoms with Gasteiger partial charge in [-0.25, -0.2) is 4.98 Å². The summed E-state index contributed by atoms with van der Waals surface area (Å²) in [4.78, 5) is 17.7. The molecule has 188 valence electrons. The molecule has 0 aliphatic carbocycles. The van der Waals surface area contributed by atoms with Gasteiger partial charge in [0.15, 0.2) is 0 Å². The molecule has 1 unspecified atom stereocenters. The Morgan fingerprint density at radius 2 is 1.39 bits per heavy atom. The molecule has 0 fully saturated rings. The fourth-order valence-corrected chi connectivity index (χ4v) is 5.70. The summed E-state index contributed by atoms with van der Waals surface area (Å²) in [6, 6.07) is 13.6. The lowest BCUT2D eigenvalue weighted by molar-refractivity contribution is 0.629. The molecule has 2 N–H and O–H groups in total. The number of hydrogen-bond acceptors (Lipinski definition) is 2. The minimum atomic E-state index is 0.472. The summed E-state index contributed by atoms with van der Waals surface area (Å²) in [6.45, 7) is 9.01. The second-order valence-corrected chi connectivity index (χ2v) is 10.4. The fraction of sp³-hybridized carbons (Fsp3) is 0.438. The Morgan fingerprint density at radius 1 is 0.722 bits per heavy atom. The summed E-state index contributed by atoms with van der Waals surface area (Å²) >= 11 is 0. The number of nitrogens with zero attached hydrogens (tertiary/aromatic N) is 2. The van der Waals surface area contributed by atoms with Crippen LogP contribution in [0.2, 0.25) is 0 Å². The van der Waals surface area contributed by atoms with Crippen molar-refractivity contribution >= 4 is 33.7 Å². The number of nitrogens with one attached hydrogen (secondary N) is 2. The topological polar surface area (TPSA) is 57.4 Å². The highest BCUT2D eigenvalue weighted by Gasteiger charge is 2.21. The first-order chi connectivity index (χ1) is 17.6. The lowest BCUT2D eigenvalue weighted by Crippen LogP contribution is -1.95.